The van der Waals surface area contributed by atoms with Crippen LogP contribution in [-0.2, 0) is 11.3 Å². The summed E-state index contributed by atoms with van der Waals surface area (Å²) in [6.45, 7) is 4.71. The normalized spacial score (nSPS) is 11.4. The largest absolute Gasteiger partial charge is 0.419 e. The smallest absolute Gasteiger partial charge is 0.247 e. The Morgan fingerprint density at radius 2 is 1.95 bits per heavy atom. The van der Waals surface area contributed by atoms with Crippen molar-refractivity contribution in [2.75, 3.05) is 13.6 Å². The highest BCUT2D eigenvalue weighted by molar-refractivity contribution is 5.81. The molecule has 1 heterocycles. The fourth-order valence-electron chi connectivity index (χ4n) is 1.92. The van der Waals surface area contributed by atoms with E-state index in [2.05, 4.69) is 20.8 Å². The summed E-state index contributed by atoms with van der Waals surface area (Å²) in [6.07, 6.45) is 0. The molecule has 0 aliphatic rings. The van der Waals surface area contributed by atoms with Crippen LogP contribution in [0.5, 0.6) is 0 Å². The van der Waals surface area contributed by atoms with Gasteiger partial charge < -0.3 is 15.1 Å². The van der Waals surface area contributed by atoms with Crippen molar-refractivity contribution in [2.24, 2.45) is 5.41 Å². The van der Waals surface area contributed by atoms with Gasteiger partial charge in [0.05, 0.1) is 12.0 Å². The van der Waals surface area contributed by atoms with Crippen molar-refractivity contribution in [3.05, 3.63) is 36.2 Å². The maximum atomic E-state index is 11.7. The van der Waals surface area contributed by atoms with E-state index in [1.54, 1.807) is 7.05 Å². The second-order valence-electron chi connectivity index (χ2n) is 5.43. The lowest BCUT2D eigenvalue weighted by molar-refractivity contribution is -0.128. The minimum atomic E-state index is -0.489. The van der Waals surface area contributed by atoms with E-state index in [4.69, 9.17) is 4.42 Å². The van der Waals surface area contributed by atoms with Gasteiger partial charge in [0.25, 0.3) is 0 Å². The Labute approximate surface area is 124 Å². The summed E-state index contributed by atoms with van der Waals surface area (Å²) in [5.74, 6) is 0.991. The first-order valence-corrected chi connectivity index (χ1v) is 6.83. The highest BCUT2D eigenvalue weighted by Crippen LogP contribution is 2.17. The van der Waals surface area contributed by atoms with E-state index in [9.17, 15) is 4.79 Å². The predicted molar refractivity (Wildman–Crippen MR) is 79.3 cm³/mol. The van der Waals surface area contributed by atoms with Crippen molar-refractivity contribution in [1.29, 1.82) is 0 Å². The van der Waals surface area contributed by atoms with Crippen molar-refractivity contribution < 1.29 is 9.21 Å². The van der Waals surface area contributed by atoms with Crippen molar-refractivity contribution in [3.63, 3.8) is 0 Å². The minimum absolute atomic E-state index is 0.00879. The number of rotatable bonds is 6. The van der Waals surface area contributed by atoms with Gasteiger partial charge in [0, 0.05) is 19.2 Å². The molecule has 6 heteroatoms. The lowest BCUT2D eigenvalue weighted by atomic mass is 9.92. The third-order valence-corrected chi connectivity index (χ3v) is 3.17. The fraction of sp³-hybridized carbons (Fsp3) is 0.400. The van der Waals surface area contributed by atoms with Gasteiger partial charge >= 0.3 is 0 Å². The summed E-state index contributed by atoms with van der Waals surface area (Å²) in [5.41, 5.74) is 0.402. The van der Waals surface area contributed by atoms with Crippen molar-refractivity contribution in [2.45, 2.75) is 20.4 Å². The Morgan fingerprint density at radius 3 is 2.62 bits per heavy atom. The summed E-state index contributed by atoms with van der Waals surface area (Å²) in [6, 6.07) is 9.61. The maximum Gasteiger partial charge on any atom is 0.247 e. The van der Waals surface area contributed by atoms with Crippen LogP contribution in [0.2, 0.25) is 0 Å². The topological polar surface area (TPSA) is 80.0 Å². The Kier molecular flexibility index (Phi) is 4.70. The molecular formula is C15H20N4O2. The van der Waals surface area contributed by atoms with Gasteiger partial charge in [-0.3, -0.25) is 4.79 Å². The molecule has 0 fully saturated rings. The molecular weight excluding hydrogens is 268 g/mol. The lowest BCUT2D eigenvalue weighted by Crippen LogP contribution is -2.41. The Hall–Kier alpha value is -2.21. The number of nitrogens with zero attached hydrogens (tertiary/aromatic N) is 2. The van der Waals surface area contributed by atoms with E-state index in [0.29, 0.717) is 24.9 Å². The van der Waals surface area contributed by atoms with Gasteiger partial charge in [0.2, 0.25) is 17.7 Å². The van der Waals surface area contributed by atoms with E-state index in [-0.39, 0.29) is 5.91 Å². The first-order chi connectivity index (χ1) is 10.0. The Morgan fingerprint density at radius 1 is 1.24 bits per heavy atom. The summed E-state index contributed by atoms with van der Waals surface area (Å²) < 4.78 is 5.59. The van der Waals surface area contributed by atoms with Gasteiger partial charge in [-0.15, -0.1) is 10.2 Å². The Balaban J connectivity index is 1.91. The minimum Gasteiger partial charge on any atom is -0.419 e. The van der Waals surface area contributed by atoms with Crippen molar-refractivity contribution in [3.8, 4) is 11.5 Å². The molecule has 0 aliphatic carbocycles. The summed E-state index contributed by atoms with van der Waals surface area (Å²) in [5, 5.41) is 13.8. The van der Waals surface area contributed by atoms with Crippen LogP contribution in [0, 0.1) is 5.41 Å². The molecule has 1 aromatic heterocycles. The maximum absolute atomic E-state index is 11.7. The summed E-state index contributed by atoms with van der Waals surface area (Å²) >= 11 is 0. The predicted octanol–water partition coefficient (Wildman–Crippen LogP) is 1.60. The monoisotopic (exact) mass is 288 g/mol. The first kappa shape index (κ1) is 15.2. The average Bonchev–Trinajstić information content (AvgIpc) is 2.96. The zero-order valence-corrected chi connectivity index (χ0v) is 12.5. The second kappa shape index (κ2) is 6.49. The van der Waals surface area contributed by atoms with Crippen molar-refractivity contribution in [1.82, 2.24) is 20.8 Å². The highest BCUT2D eigenvalue weighted by Gasteiger charge is 2.26. The Bertz CT molecular complexity index is 593. The number of carbonyl (C=O) groups excluding carboxylic acids is 1. The number of amides is 1. The molecule has 0 saturated carbocycles. The van der Waals surface area contributed by atoms with E-state index in [1.165, 1.54) is 0 Å². The van der Waals surface area contributed by atoms with Crippen LogP contribution in [0.1, 0.15) is 19.7 Å². The van der Waals surface area contributed by atoms with Gasteiger partial charge in [0.1, 0.15) is 0 Å². The third kappa shape index (κ3) is 3.88. The number of hydrogen-bond acceptors (Lipinski definition) is 5. The van der Waals surface area contributed by atoms with Gasteiger partial charge in [-0.25, -0.2) is 0 Å². The quantitative estimate of drug-likeness (QED) is 0.844. The molecule has 0 unspecified atom stereocenters. The van der Waals surface area contributed by atoms with Gasteiger partial charge in [-0.1, -0.05) is 18.2 Å². The number of nitrogens with one attached hydrogen (secondary N) is 2. The molecule has 0 radical (unpaired) electrons. The molecule has 0 atom stereocenters. The third-order valence-electron chi connectivity index (χ3n) is 3.17. The van der Waals surface area contributed by atoms with Crippen LogP contribution in [0.25, 0.3) is 11.5 Å². The molecule has 2 rings (SSSR count). The number of aromatic nitrogens is 2. The molecule has 6 nitrogen and oxygen atoms in total. The highest BCUT2D eigenvalue weighted by atomic mass is 16.4. The SMILES string of the molecule is CNC(=O)C(C)(C)CNCc1nnc(-c2ccccc2)o1. The molecule has 2 N–H and O–H groups in total. The molecule has 1 amide bonds. The fourth-order valence-corrected chi connectivity index (χ4v) is 1.92. The number of benzene rings is 1. The molecule has 0 aliphatic heterocycles. The van der Waals surface area contributed by atoms with Gasteiger partial charge in [-0.05, 0) is 26.0 Å². The number of carbonyl (C=O) groups is 1. The summed E-state index contributed by atoms with van der Waals surface area (Å²) in [7, 11) is 1.63. The molecule has 112 valence electrons. The molecule has 1 aromatic carbocycles. The van der Waals surface area contributed by atoms with E-state index >= 15 is 0 Å². The van der Waals surface area contributed by atoms with Crippen molar-refractivity contribution >= 4 is 5.91 Å². The zero-order valence-electron chi connectivity index (χ0n) is 12.5. The van der Waals surface area contributed by atoms with Crippen LogP contribution >= 0.6 is 0 Å². The van der Waals surface area contributed by atoms with Gasteiger partial charge in [0.15, 0.2) is 0 Å². The van der Waals surface area contributed by atoms with Crippen LogP contribution in [-0.4, -0.2) is 29.7 Å². The van der Waals surface area contributed by atoms with Crippen LogP contribution in [0.15, 0.2) is 34.7 Å². The van der Waals surface area contributed by atoms with E-state index < -0.39 is 5.41 Å². The molecule has 0 bridgehead atoms. The van der Waals surface area contributed by atoms with Crippen LogP contribution in [0.3, 0.4) is 0 Å². The van der Waals surface area contributed by atoms with Crippen LogP contribution < -0.4 is 10.6 Å². The number of hydrogen-bond donors (Lipinski definition) is 2. The van der Waals surface area contributed by atoms with Gasteiger partial charge in [-0.2, -0.15) is 0 Å². The summed E-state index contributed by atoms with van der Waals surface area (Å²) in [4.78, 5) is 11.7. The standard InChI is InChI=1S/C15H20N4O2/c1-15(2,14(20)16-3)10-17-9-12-18-19-13(21-12)11-7-5-4-6-8-11/h4-8,17H,9-10H2,1-3H3,(H,16,20). The van der Waals surface area contributed by atoms with E-state index in [1.807, 2.05) is 44.2 Å². The zero-order chi connectivity index (χ0) is 15.3. The van der Waals surface area contributed by atoms with E-state index in [0.717, 1.165) is 5.56 Å². The molecule has 21 heavy (non-hydrogen) atoms. The molecule has 0 saturated heterocycles. The second-order valence-corrected chi connectivity index (χ2v) is 5.43. The van der Waals surface area contributed by atoms with Crippen LogP contribution in [0.4, 0.5) is 0 Å². The molecule has 0 spiro atoms. The average molecular weight is 288 g/mol. The lowest BCUT2D eigenvalue weighted by Gasteiger charge is -2.22. The first-order valence-electron chi connectivity index (χ1n) is 6.83. The molecule has 2 aromatic rings.